The van der Waals surface area contributed by atoms with Gasteiger partial charge in [-0.3, -0.25) is 19.6 Å². The lowest BCUT2D eigenvalue weighted by Crippen LogP contribution is -2.48. The zero-order chi connectivity index (χ0) is 25.1. The largest absolute Gasteiger partial charge is 0.480 e. The molecule has 36 heavy (non-hydrogen) atoms. The molecule has 3 heterocycles. The second kappa shape index (κ2) is 10.3. The number of carbonyl (C=O) groups is 2. The maximum Gasteiger partial charge on any atom is 0.335 e. The van der Waals surface area contributed by atoms with E-state index in [1.54, 1.807) is 30.6 Å². The van der Waals surface area contributed by atoms with Gasteiger partial charge in [0.25, 0.3) is 0 Å². The Hall–Kier alpha value is -4.01. The number of benzene rings is 2. The maximum atomic E-state index is 12.6. The number of piperazine rings is 1. The average molecular weight is 485 g/mol. The predicted molar refractivity (Wildman–Crippen MR) is 136 cm³/mol. The minimum atomic E-state index is -1.03. The molecule has 0 radical (unpaired) electrons. The highest BCUT2D eigenvalue weighted by atomic mass is 16.4. The molecule has 8 heteroatoms. The van der Waals surface area contributed by atoms with Gasteiger partial charge in [-0.1, -0.05) is 30.3 Å². The van der Waals surface area contributed by atoms with Gasteiger partial charge in [0.1, 0.15) is 6.04 Å². The van der Waals surface area contributed by atoms with Gasteiger partial charge in [-0.15, -0.1) is 0 Å². The van der Waals surface area contributed by atoms with Gasteiger partial charge in [0.2, 0.25) is 0 Å². The smallest absolute Gasteiger partial charge is 0.335 e. The molecule has 0 aliphatic carbocycles. The lowest BCUT2D eigenvalue weighted by Gasteiger charge is -2.37. The van der Waals surface area contributed by atoms with E-state index in [0.717, 1.165) is 30.7 Å². The zero-order valence-corrected chi connectivity index (χ0v) is 19.8. The summed E-state index contributed by atoms with van der Waals surface area (Å²) in [4.78, 5) is 32.7. The number of hydrogen-bond acceptors (Lipinski definition) is 5. The van der Waals surface area contributed by atoms with Gasteiger partial charge in [-0.05, 0) is 41.5 Å². The second-order valence-corrected chi connectivity index (χ2v) is 9.14. The Morgan fingerprint density at radius 1 is 0.861 bits per heavy atom. The number of aromatic nitrogens is 2. The van der Waals surface area contributed by atoms with E-state index in [1.165, 1.54) is 5.56 Å². The van der Waals surface area contributed by atoms with Crippen LogP contribution in [0.4, 0.5) is 0 Å². The van der Waals surface area contributed by atoms with Crippen LogP contribution >= 0.6 is 0 Å². The van der Waals surface area contributed by atoms with Crippen LogP contribution in [0.3, 0.4) is 0 Å². The van der Waals surface area contributed by atoms with Gasteiger partial charge in [0.05, 0.1) is 5.56 Å². The molecule has 1 aliphatic rings. The van der Waals surface area contributed by atoms with Crippen LogP contribution in [0.2, 0.25) is 0 Å². The van der Waals surface area contributed by atoms with Crippen LogP contribution in [0.1, 0.15) is 33.1 Å². The minimum absolute atomic E-state index is 0.146. The Bertz CT molecular complexity index is 1360. The van der Waals surface area contributed by atoms with Crippen molar-refractivity contribution in [3.63, 3.8) is 0 Å². The first-order valence-electron chi connectivity index (χ1n) is 12.0. The van der Waals surface area contributed by atoms with Gasteiger partial charge >= 0.3 is 11.9 Å². The molecule has 1 saturated heterocycles. The van der Waals surface area contributed by atoms with E-state index in [0.29, 0.717) is 30.6 Å². The summed E-state index contributed by atoms with van der Waals surface area (Å²) in [5.74, 6) is -1.97. The quantitative estimate of drug-likeness (QED) is 0.393. The van der Waals surface area contributed by atoms with Crippen molar-refractivity contribution in [2.45, 2.75) is 19.1 Å². The molecule has 2 aromatic heterocycles. The first-order chi connectivity index (χ1) is 17.5. The molecule has 1 fully saturated rings. The monoisotopic (exact) mass is 484 g/mol. The fraction of sp³-hybridized carbons (Fsp3) is 0.250. The molecule has 5 rings (SSSR count). The van der Waals surface area contributed by atoms with Gasteiger partial charge in [0, 0.05) is 74.3 Å². The molecule has 1 aliphatic heterocycles. The summed E-state index contributed by atoms with van der Waals surface area (Å²) in [6.07, 6.45) is 5.44. The van der Waals surface area contributed by atoms with Gasteiger partial charge in [-0.25, -0.2) is 4.79 Å². The van der Waals surface area contributed by atoms with Crippen molar-refractivity contribution < 1.29 is 19.8 Å². The van der Waals surface area contributed by atoms with E-state index < -0.39 is 18.0 Å². The lowest BCUT2D eigenvalue weighted by molar-refractivity contribution is -0.144. The van der Waals surface area contributed by atoms with E-state index in [-0.39, 0.29) is 5.56 Å². The number of carboxylic acid groups (broad SMARTS) is 2. The predicted octanol–water partition coefficient (Wildman–Crippen LogP) is 3.73. The summed E-state index contributed by atoms with van der Waals surface area (Å²) in [5.41, 5.74) is 3.85. The van der Waals surface area contributed by atoms with Crippen molar-refractivity contribution in [3.8, 4) is 0 Å². The standard InChI is InChI=1S/C28H28N4O4/c33-27(34)22-6-7-25-23(16-22)24(19-32(25)18-20-4-2-1-3-5-20)26(28(35)36)31-14-12-30(13-15-31)17-21-8-10-29-11-9-21/h1-11,16,19,26H,12-15,17-18H2,(H,33,34)(H,35,36)/t26-/m1/s1. The Morgan fingerprint density at radius 2 is 1.56 bits per heavy atom. The second-order valence-electron chi connectivity index (χ2n) is 9.14. The van der Waals surface area contributed by atoms with Crippen LogP contribution in [-0.4, -0.2) is 67.7 Å². The normalized spacial score (nSPS) is 15.7. The SMILES string of the molecule is O=C(O)c1ccc2c(c1)c([C@H](C(=O)O)N1CCN(Cc3ccncc3)CC1)cn2Cc1ccccc1. The fourth-order valence-electron chi connectivity index (χ4n) is 5.00. The topological polar surface area (TPSA) is 98.9 Å². The molecular weight excluding hydrogens is 456 g/mol. The number of aromatic carboxylic acids is 1. The van der Waals surface area contributed by atoms with Crippen molar-refractivity contribution in [2.24, 2.45) is 0 Å². The van der Waals surface area contributed by atoms with E-state index in [2.05, 4.69) is 9.88 Å². The molecule has 0 saturated carbocycles. The summed E-state index contributed by atoms with van der Waals surface area (Å²) >= 11 is 0. The molecular formula is C28H28N4O4. The first-order valence-corrected chi connectivity index (χ1v) is 12.0. The zero-order valence-electron chi connectivity index (χ0n) is 19.8. The Balaban J connectivity index is 1.45. The third-order valence-corrected chi connectivity index (χ3v) is 6.81. The van der Waals surface area contributed by atoms with Gasteiger partial charge < -0.3 is 14.8 Å². The Morgan fingerprint density at radius 3 is 2.22 bits per heavy atom. The Kier molecular flexibility index (Phi) is 6.79. The van der Waals surface area contributed by atoms with Crippen LogP contribution in [0.15, 0.2) is 79.3 Å². The van der Waals surface area contributed by atoms with E-state index in [9.17, 15) is 19.8 Å². The maximum absolute atomic E-state index is 12.6. The van der Waals surface area contributed by atoms with Crippen molar-refractivity contribution in [1.29, 1.82) is 0 Å². The highest BCUT2D eigenvalue weighted by Crippen LogP contribution is 2.33. The van der Waals surface area contributed by atoms with E-state index in [1.807, 2.05) is 58.1 Å². The summed E-state index contributed by atoms with van der Waals surface area (Å²) in [6.45, 7) is 4.06. The number of nitrogens with zero attached hydrogens (tertiary/aromatic N) is 4. The summed E-state index contributed by atoms with van der Waals surface area (Å²) in [6, 6.07) is 18.0. The first kappa shape index (κ1) is 23.7. The van der Waals surface area contributed by atoms with E-state index in [4.69, 9.17) is 0 Å². The molecule has 8 nitrogen and oxygen atoms in total. The number of fused-ring (bicyclic) bond motifs is 1. The molecule has 2 N–H and O–H groups in total. The molecule has 184 valence electrons. The highest BCUT2D eigenvalue weighted by Gasteiger charge is 2.33. The molecule has 2 aromatic carbocycles. The number of aliphatic carboxylic acids is 1. The number of hydrogen-bond donors (Lipinski definition) is 2. The van der Waals surface area contributed by atoms with Crippen molar-refractivity contribution in [1.82, 2.24) is 19.4 Å². The third-order valence-electron chi connectivity index (χ3n) is 6.81. The summed E-state index contributed by atoms with van der Waals surface area (Å²) in [5, 5.41) is 20.6. The van der Waals surface area contributed by atoms with E-state index >= 15 is 0 Å². The molecule has 0 spiro atoms. The molecule has 0 amide bonds. The number of rotatable bonds is 8. The number of pyridine rings is 1. The van der Waals surface area contributed by atoms with Crippen molar-refractivity contribution in [3.05, 3.63) is 102 Å². The molecule has 0 bridgehead atoms. The molecule has 4 aromatic rings. The van der Waals surface area contributed by atoms with Gasteiger partial charge in [-0.2, -0.15) is 0 Å². The lowest BCUT2D eigenvalue weighted by atomic mass is 10.0. The molecule has 0 unspecified atom stereocenters. The van der Waals surface area contributed by atoms with Crippen LogP contribution < -0.4 is 0 Å². The average Bonchev–Trinajstić information content (AvgIpc) is 3.23. The molecule has 1 atom stereocenters. The van der Waals surface area contributed by atoms with Gasteiger partial charge in [0.15, 0.2) is 0 Å². The summed E-state index contributed by atoms with van der Waals surface area (Å²) in [7, 11) is 0. The fourth-order valence-corrected chi connectivity index (χ4v) is 5.00. The Labute approximate surface area is 209 Å². The summed E-state index contributed by atoms with van der Waals surface area (Å²) < 4.78 is 2.02. The van der Waals surface area contributed by atoms with Crippen LogP contribution in [0, 0.1) is 0 Å². The highest BCUT2D eigenvalue weighted by molar-refractivity contribution is 5.96. The van der Waals surface area contributed by atoms with Crippen molar-refractivity contribution in [2.75, 3.05) is 26.2 Å². The number of carboxylic acids is 2. The van der Waals surface area contributed by atoms with Crippen LogP contribution in [0.5, 0.6) is 0 Å². The van der Waals surface area contributed by atoms with Crippen LogP contribution in [0.25, 0.3) is 10.9 Å². The van der Waals surface area contributed by atoms with Crippen molar-refractivity contribution >= 4 is 22.8 Å². The van der Waals surface area contributed by atoms with Crippen LogP contribution in [-0.2, 0) is 17.9 Å². The third kappa shape index (κ3) is 5.00. The minimum Gasteiger partial charge on any atom is -0.480 e.